The highest BCUT2D eigenvalue weighted by Gasteiger charge is 2.15. The predicted octanol–water partition coefficient (Wildman–Crippen LogP) is 4.13. The monoisotopic (exact) mass is 390 g/mol. The van der Waals surface area contributed by atoms with Crippen molar-refractivity contribution in [2.75, 3.05) is 17.7 Å². The van der Waals surface area contributed by atoms with Gasteiger partial charge in [-0.25, -0.2) is 14.8 Å². The van der Waals surface area contributed by atoms with E-state index in [-0.39, 0.29) is 11.6 Å². The fourth-order valence-electron chi connectivity index (χ4n) is 2.90. The van der Waals surface area contributed by atoms with E-state index in [1.165, 1.54) is 7.11 Å². The maximum atomic E-state index is 12.8. The standard InChI is InChI=1S/C22H22N4O3/c1-4-15-9-5-7-11-17(15)26-21(27)19-13-20(24-14(2)23-19)25-18-12-8-6-10-16(18)22(28)29-3/h5-13H,4H2,1-3H3,(H,26,27)(H,23,24,25). The molecule has 0 saturated heterocycles. The number of amides is 1. The van der Waals surface area contributed by atoms with E-state index in [1.54, 1.807) is 37.3 Å². The summed E-state index contributed by atoms with van der Waals surface area (Å²) in [6, 6.07) is 16.1. The molecule has 3 rings (SSSR count). The van der Waals surface area contributed by atoms with E-state index in [1.807, 2.05) is 31.2 Å². The SMILES string of the molecule is CCc1ccccc1NC(=O)c1cc(Nc2ccccc2C(=O)OC)nc(C)n1. The Labute approximate surface area is 169 Å². The van der Waals surface area contributed by atoms with Crippen LogP contribution in [0.2, 0.25) is 0 Å². The topological polar surface area (TPSA) is 93.2 Å². The molecule has 1 amide bonds. The second-order valence-corrected chi connectivity index (χ2v) is 6.31. The number of carbonyl (C=O) groups is 2. The molecular formula is C22H22N4O3. The second kappa shape index (κ2) is 8.97. The average Bonchev–Trinajstić information content (AvgIpc) is 2.73. The molecule has 2 aromatic carbocycles. The van der Waals surface area contributed by atoms with Gasteiger partial charge < -0.3 is 15.4 Å². The molecule has 0 spiro atoms. The van der Waals surface area contributed by atoms with Gasteiger partial charge in [-0.15, -0.1) is 0 Å². The molecule has 1 heterocycles. The number of benzene rings is 2. The summed E-state index contributed by atoms with van der Waals surface area (Å²) in [4.78, 5) is 33.3. The minimum absolute atomic E-state index is 0.224. The first kappa shape index (κ1) is 20.0. The van der Waals surface area contributed by atoms with Crippen LogP contribution in [0, 0.1) is 6.92 Å². The molecule has 29 heavy (non-hydrogen) atoms. The number of hydrogen-bond donors (Lipinski definition) is 2. The molecule has 7 nitrogen and oxygen atoms in total. The largest absolute Gasteiger partial charge is 0.465 e. The van der Waals surface area contributed by atoms with Crippen LogP contribution in [0.4, 0.5) is 17.2 Å². The van der Waals surface area contributed by atoms with Gasteiger partial charge in [0.1, 0.15) is 17.3 Å². The summed E-state index contributed by atoms with van der Waals surface area (Å²) in [5.41, 5.74) is 2.91. The number of ether oxygens (including phenoxy) is 1. The minimum Gasteiger partial charge on any atom is -0.465 e. The van der Waals surface area contributed by atoms with Crippen molar-refractivity contribution in [3.05, 3.63) is 77.2 Å². The van der Waals surface area contributed by atoms with Crippen molar-refractivity contribution in [3.63, 3.8) is 0 Å². The minimum atomic E-state index is -0.465. The summed E-state index contributed by atoms with van der Waals surface area (Å²) < 4.78 is 4.81. The lowest BCUT2D eigenvalue weighted by Crippen LogP contribution is -2.16. The number of rotatable bonds is 6. The Morgan fingerprint density at radius 1 is 1.00 bits per heavy atom. The zero-order valence-electron chi connectivity index (χ0n) is 16.5. The lowest BCUT2D eigenvalue weighted by atomic mass is 10.1. The van der Waals surface area contributed by atoms with Gasteiger partial charge in [-0.2, -0.15) is 0 Å². The van der Waals surface area contributed by atoms with Crippen LogP contribution in [0.5, 0.6) is 0 Å². The van der Waals surface area contributed by atoms with Gasteiger partial charge in [-0.3, -0.25) is 4.79 Å². The number of methoxy groups -OCH3 is 1. The first-order valence-corrected chi connectivity index (χ1v) is 9.21. The zero-order chi connectivity index (χ0) is 20.8. The van der Waals surface area contributed by atoms with E-state index < -0.39 is 5.97 Å². The lowest BCUT2D eigenvalue weighted by Gasteiger charge is -2.12. The first-order valence-electron chi connectivity index (χ1n) is 9.21. The molecule has 1 aromatic heterocycles. The normalized spacial score (nSPS) is 10.3. The number of nitrogens with zero attached hydrogens (tertiary/aromatic N) is 2. The average molecular weight is 390 g/mol. The van der Waals surface area contributed by atoms with Gasteiger partial charge in [0.05, 0.1) is 18.4 Å². The Kier molecular flexibility index (Phi) is 6.19. The van der Waals surface area contributed by atoms with Gasteiger partial charge in [0.2, 0.25) is 0 Å². The number of anilines is 3. The van der Waals surface area contributed by atoms with Crippen LogP contribution in [-0.2, 0) is 11.2 Å². The number of aryl methyl sites for hydroxylation is 2. The van der Waals surface area contributed by atoms with Gasteiger partial charge in [0, 0.05) is 11.8 Å². The molecule has 0 aliphatic rings. The molecular weight excluding hydrogens is 368 g/mol. The van der Waals surface area contributed by atoms with Crippen molar-refractivity contribution < 1.29 is 14.3 Å². The van der Waals surface area contributed by atoms with Gasteiger partial charge in [-0.05, 0) is 37.1 Å². The number of para-hydroxylation sites is 2. The Morgan fingerprint density at radius 2 is 1.69 bits per heavy atom. The van der Waals surface area contributed by atoms with Crippen molar-refractivity contribution in [2.45, 2.75) is 20.3 Å². The van der Waals surface area contributed by atoms with Crippen LogP contribution < -0.4 is 10.6 Å². The molecule has 0 saturated carbocycles. The number of esters is 1. The Bertz CT molecular complexity index is 1050. The Hall–Kier alpha value is -3.74. The number of aromatic nitrogens is 2. The molecule has 0 atom stereocenters. The van der Waals surface area contributed by atoms with Gasteiger partial charge in [-0.1, -0.05) is 37.3 Å². The molecule has 0 aliphatic heterocycles. The quantitative estimate of drug-likeness (QED) is 0.615. The third kappa shape index (κ3) is 4.76. The van der Waals surface area contributed by atoms with Gasteiger partial charge in [0.15, 0.2) is 0 Å². The van der Waals surface area contributed by atoms with Gasteiger partial charge in [0.25, 0.3) is 5.91 Å². The Morgan fingerprint density at radius 3 is 2.41 bits per heavy atom. The highest BCUT2D eigenvalue weighted by Crippen LogP contribution is 2.22. The molecule has 7 heteroatoms. The maximum Gasteiger partial charge on any atom is 0.339 e. The molecule has 0 radical (unpaired) electrons. The molecule has 0 aliphatic carbocycles. The van der Waals surface area contributed by atoms with E-state index in [2.05, 4.69) is 20.6 Å². The molecule has 0 fully saturated rings. The first-order chi connectivity index (χ1) is 14.0. The smallest absolute Gasteiger partial charge is 0.339 e. The summed E-state index contributed by atoms with van der Waals surface area (Å²) >= 11 is 0. The second-order valence-electron chi connectivity index (χ2n) is 6.31. The van der Waals surface area contributed by atoms with E-state index in [0.29, 0.717) is 22.9 Å². The van der Waals surface area contributed by atoms with Crippen molar-refractivity contribution in [2.24, 2.45) is 0 Å². The number of hydrogen-bond acceptors (Lipinski definition) is 6. The summed E-state index contributed by atoms with van der Waals surface area (Å²) in [6.45, 7) is 3.73. The molecule has 3 aromatic rings. The number of carbonyl (C=O) groups excluding carboxylic acids is 2. The van der Waals surface area contributed by atoms with Gasteiger partial charge >= 0.3 is 5.97 Å². The summed E-state index contributed by atoms with van der Waals surface area (Å²) in [7, 11) is 1.32. The van der Waals surface area contributed by atoms with E-state index in [9.17, 15) is 9.59 Å². The van der Waals surface area contributed by atoms with Crippen molar-refractivity contribution in [1.82, 2.24) is 9.97 Å². The van der Waals surface area contributed by atoms with Crippen LogP contribution >= 0.6 is 0 Å². The van der Waals surface area contributed by atoms with Crippen molar-refractivity contribution in [1.29, 1.82) is 0 Å². The highest BCUT2D eigenvalue weighted by atomic mass is 16.5. The van der Waals surface area contributed by atoms with Crippen LogP contribution in [0.15, 0.2) is 54.6 Å². The molecule has 0 bridgehead atoms. The fourth-order valence-corrected chi connectivity index (χ4v) is 2.90. The Balaban J connectivity index is 1.87. The number of nitrogens with one attached hydrogen (secondary N) is 2. The maximum absolute atomic E-state index is 12.8. The van der Waals surface area contributed by atoms with Crippen LogP contribution in [0.1, 0.15) is 39.2 Å². The lowest BCUT2D eigenvalue weighted by molar-refractivity contribution is 0.0601. The molecule has 0 unspecified atom stereocenters. The van der Waals surface area contributed by atoms with Crippen LogP contribution in [-0.4, -0.2) is 29.0 Å². The zero-order valence-corrected chi connectivity index (χ0v) is 16.5. The summed E-state index contributed by atoms with van der Waals surface area (Å²) in [5, 5.41) is 5.98. The van der Waals surface area contributed by atoms with E-state index in [0.717, 1.165) is 17.7 Å². The predicted molar refractivity (Wildman–Crippen MR) is 112 cm³/mol. The van der Waals surface area contributed by atoms with Crippen LogP contribution in [0.3, 0.4) is 0 Å². The molecule has 2 N–H and O–H groups in total. The van der Waals surface area contributed by atoms with E-state index >= 15 is 0 Å². The van der Waals surface area contributed by atoms with E-state index in [4.69, 9.17) is 4.74 Å². The summed E-state index contributed by atoms with van der Waals surface area (Å²) in [5.74, 6) is 0.0379. The summed E-state index contributed by atoms with van der Waals surface area (Å²) in [6.07, 6.45) is 0.802. The fraction of sp³-hybridized carbons (Fsp3) is 0.182. The van der Waals surface area contributed by atoms with Crippen LogP contribution in [0.25, 0.3) is 0 Å². The third-order valence-electron chi connectivity index (χ3n) is 4.31. The van der Waals surface area contributed by atoms with Crippen molar-refractivity contribution in [3.8, 4) is 0 Å². The molecule has 148 valence electrons. The highest BCUT2D eigenvalue weighted by molar-refractivity contribution is 6.04. The third-order valence-corrected chi connectivity index (χ3v) is 4.31. The van der Waals surface area contributed by atoms with Crippen molar-refractivity contribution >= 4 is 29.1 Å².